The second-order valence-corrected chi connectivity index (χ2v) is 5.83. The van der Waals surface area contributed by atoms with Gasteiger partial charge in [0.15, 0.2) is 0 Å². The summed E-state index contributed by atoms with van der Waals surface area (Å²) in [5, 5.41) is 3.32. The fraction of sp³-hybridized carbons (Fsp3) is 0.500. The van der Waals surface area contributed by atoms with Crippen LogP contribution in [0.2, 0.25) is 10.2 Å². The van der Waals surface area contributed by atoms with Gasteiger partial charge in [0, 0.05) is 12.7 Å². The molecule has 0 saturated carbocycles. The Hall–Kier alpha value is -0.800. The Morgan fingerprint density at radius 3 is 2.59 bits per heavy atom. The highest BCUT2D eigenvalue weighted by Gasteiger charge is 2.12. The molecular formula is C12H16Cl2N2O. The molecule has 0 atom stereocenters. The molecule has 0 aliphatic carbocycles. The molecule has 0 fully saturated rings. The summed E-state index contributed by atoms with van der Waals surface area (Å²) in [4.78, 5) is 15.6. The molecule has 0 radical (unpaired) electrons. The molecule has 94 valence electrons. The number of carbonyl (C=O) groups is 1. The summed E-state index contributed by atoms with van der Waals surface area (Å²) >= 11 is 11.5. The van der Waals surface area contributed by atoms with Gasteiger partial charge in [0.2, 0.25) is 0 Å². The highest BCUT2D eigenvalue weighted by Crippen LogP contribution is 2.20. The van der Waals surface area contributed by atoms with E-state index in [1.165, 1.54) is 12.3 Å². The number of carbonyl (C=O) groups excluding carboxylic acids is 1. The van der Waals surface area contributed by atoms with Gasteiger partial charge in [-0.3, -0.25) is 4.79 Å². The van der Waals surface area contributed by atoms with Gasteiger partial charge in [-0.2, -0.15) is 0 Å². The number of amides is 1. The van der Waals surface area contributed by atoms with E-state index in [1.54, 1.807) is 0 Å². The van der Waals surface area contributed by atoms with Crippen LogP contribution in [0.25, 0.3) is 0 Å². The summed E-state index contributed by atoms with van der Waals surface area (Å²) in [6.45, 7) is 7.00. The summed E-state index contributed by atoms with van der Waals surface area (Å²) in [5.41, 5.74) is 0.622. The highest BCUT2D eigenvalue weighted by molar-refractivity contribution is 6.41. The summed E-state index contributed by atoms with van der Waals surface area (Å²) in [6.07, 6.45) is 2.33. The molecule has 0 aliphatic rings. The molecule has 1 heterocycles. The third kappa shape index (κ3) is 4.92. The lowest BCUT2D eigenvalue weighted by atomic mass is 9.92. The van der Waals surface area contributed by atoms with Crippen LogP contribution in [0.1, 0.15) is 37.6 Å². The first kappa shape index (κ1) is 14.3. The first-order valence-electron chi connectivity index (χ1n) is 5.39. The van der Waals surface area contributed by atoms with Crippen LogP contribution in [-0.4, -0.2) is 17.4 Å². The van der Waals surface area contributed by atoms with E-state index in [2.05, 4.69) is 31.1 Å². The topological polar surface area (TPSA) is 42.0 Å². The molecule has 5 heteroatoms. The first-order chi connectivity index (χ1) is 7.79. The molecule has 0 aromatic carbocycles. The first-order valence-corrected chi connectivity index (χ1v) is 6.14. The second kappa shape index (κ2) is 5.69. The number of nitrogens with zero attached hydrogens (tertiary/aromatic N) is 1. The fourth-order valence-corrected chi connectivity index (χ4v) is 1.47. The Morgan fingerprint density at radius 1 is 1.41 bits per heavy atom. The van der Waals surface area contributed by atoms with E-state index in [0.717, 1.165) is 6.42 Å². The molecular weight excluding hydrogens is 259 g/mol. The zero-order valence-corrected chi connectivity index (χ0v) is 11.7. The van der Waals surface area contributed by atoms with Crippen LogP contribution < -0.4 is 5.32 Å². The summed E-state index contributed by atoms with van der Waals surface area (Å²) in [5.74, 6) is -0.180. The van der Waals surface area contributed by atoms with Crippen molar-refractivity contribution in [2.75, 3.05) is 6.54 Å². The van der Waals surface area contributed by atoms with Crippen molar-refractivity contribution < 1.29 is 4.79 Å². The summed E-state index contributed by atoms with van der Waals surface area (Å²) in [6, 6.07) is 1.52. The monoisotopic (exact) mass is 274 g/mol. The van der Waals surface area contributed by atoms with Crippen LogP contribution >= 0.6 is 23.2 Å². The maximum absolute atomic E-state index is 11.7. The molecule has 0 unspecified atom stereocenters. The van der Waals surface area contributed by atoms with Gasteiger partial charge in [0.1, 0.15) is 5.15 Å². The van der Waals surface area contributed by atoms with Crippen molar-refractivity contribution in [3.63, 3.8) is 0 Å². The average Bonchev–Trinajstić information content (AvgIpc) is 2.20. The molecule has 17 heavy (non-hydrogen) atoms. The number of hydrogen-bond donors (Lipinski definition) is 1. The van der Waals surface area contributed by atoms with Crippen LogP contribution in [0.3, 0.4) is 0 Å². The average molecular weight is 275 g/mol. The van der Waals surface area contributed by atoms with Gasteiger partial charge in [-0.25, -0.2) is 4.98 Å². The number of nitrogens with one attached hydrogen (secondary N) is 1. The van der Waals surface area contributed by atoms with Crippen LogP contribution in [0.4, 0.5) is 0 Å². The van der Waals surface area contributed by atoms with Crippen molar-refractivity contribution >= 4 is 29.1 Å². The predicted octanol–water partition coefficient (Wildman–Crippen LogP) is 3.55. The van der Waals surface area contributed by atoms with Crippen molar-refractivity contribution in [2.45, 2.75) is 27.2 Å². The largest absolute Gasteiger partial charge is 0.352 e. The fourth-order valence-electron chi connectivity index (χ4n) is 1.20. The normalized spacial score (nSPS) is 11.4. The van der Waals surface area contributed by atoms with Gasteiger partial charge in [0.05, 0.1) is 10.6 Å². The highest BCUT2D eigenvalue weighted by atomic mass is 35.5. The number of rotatable bonds is 3. The van der Waals surface area contributed by atoms with E-state index >= 15 is 0 Å². The number of hydrogen-bond acceptors (Lipinski definition) is 2. The lowest BCUT2D eigenvalue weighted by Crippen LogP contribution is -2.27. The molecule has 1 rings (SSSR count). The van der Waals surface area contributed by atoms with Gasteiger partial charge in [-0.1, -0.05) is 44.0 Å². The van der Waals surface area contributed by atoms with Gasteiger partial charge in [-0.15, -0.1) is 0 Å². The Kier molecular flexibility index (Phi) is 4.78. The quantitative estimate of drug-likeness (QED) is 0.857. The van der Waals surface area contributed by atoms with Gasteiger partial charge in [0.25, 0.3) is 5.91 Å². The van der Waals surface area contributed by atoms with Crippen molar-refractivity contribution in [3.05, 3.63) is 28.0 Å². The van der Waals surface area contributed by atoms with E-state index in [4.69, 9.17) is 23.2 Å². The van der Waals surface area contributed by atoms with Crippen LogP contribution in [-0.2, 0) is 0 Å². The minimum absolute atomic E-state index is 0.180. The zero-order chi connectivity index (χ0) is 13.1. The van der Waals surface area contributed by atoms with E-state index in [1.807, 2.05) is 0 Å². The Labute approximate surface area is 112 Å². The summed E-state index contributed by atoms with van der Waals surface area (Å²) < 4.78 is 0. The van der Waals surface area contributed by atoms with Crippen LogP contribution in [0.5, 0.6) is 0 Å². The third-order valence-electron chi connectivity index (χ3n) is 2.22. The van der Waals surface area contributed by atoms with Crippen LogP contribution in [0, 0.1) is 5.41 Å². The summed E-state index contributed by atoms with van der Waals surface area (Å²) in [7, 11) is 0. The number of aromatic nitrogens is 1. The van der Waals surface area contributed by atoms with E-state index in [0.29, 0.717) is 12.1 Å². The van der Waals surface area contributed by atoms with Crippen LogP contribution in [0.15, 0.2) is 12.3 Å². The molecule has 3 nitrogen and oxygen atoms in total. The lowest BCUT2D eigenvalue weighted by Gasteiger charge is -2.17. The smallest absolute Gasteiger partial charge is 0.252 e. The Morgan fingerprint density at radius 2 is 2.06 bits per heavy atom. The zero-order valence-electron chi connectivity index (χ0n) is 10.2. The second-order valence-electron chi connectivity index (χ2n) is 5.06. The van der Waals surface area contributed by atoms with Gasteiger partial charge >= 0.3 is 0 Å². The maximum Gasteiger partial charge on any atom is 0.252 e. The van der Waals surface area contributed by atoms with Crippen molar-refractivity contribution in [3.8, 4) is 0 Å². The third-order valence-corrected chi connectivity index (χ3v) is 2.91. The van der Waals surface area contributed by atoms with E-state index in [-0.39, 0.29) is 21.5 Å². The van der Waals surface area contributed by atoms with Crippen molar-refractivity contribution in [1.82, 2.24) is 10.3 Å². The predicted molar refractivity (Wildman–Crippen MR) is 70.7 cm³/mol. The Bertz CT molecular complexity index is 413. The molecule has 1 aromatic heterocycles. The van der Waals surface area contributed by atoms with Gasteiger partial charge in [-0.05, 0) is 17.9 Å². The minimum atomic E-state index is -0.180. The lowest BCUT2D eigenvalue weighted by molar-refractivity contribution is 0.0949. The van der Waals surface area contributed by atoms with Gasteiger partial charge < -0.3 is 5.32 Å². The SMILES string of the molecule is CC(C)(C)CCNC(=O)c1cnc(Cl)c(Cl)c1. The number of halogens is 2. The molecule has 0 spiro atoms. The molecule has 1 aromatic rings. The molecule has 0 saturated heterocycles. The van der Waals surface area contributed by atoms with Crippen molar-refractivity contribution in [1.29, 1.82) is 0 Å². The minimum Gasteiger partial charge on any atom is -0.352 e. The molecule has 1 amide bonds. The van der Waals surface area contributed by atoms with E-state index < -0.39 is 0 Å². The van der Waals surface area contributed by atoms with E-state index in [9.17, 15) is 4.79 Å². The Balaban J connectivity index is 2.56. The molecule has 0 bridgehead atoms. The van der Waals surface area contributed by atoms with Crippen molar-refractivity contribution in [2.24, 2.45) is 5.41 Å². The maximum atomic E-state index is 11.7. The molecule has 0 aliphatic heterocycles. The standard InChI is InChI=1S/C12H16Cl2N2O/c1-12(2,3)4-5-15-11(17)8-6-9(13)10(14)16-7-8/h6-7H,4-5H2,1-3H3,(H,15,17). The molecule has 1 N–H and O–H groups in total. The number of pyridine rings is 1.